The van der Waals surface area contributed by atoms with Gasteiger partial charge in [0.1, 0.15) is 17.7 Å². The van der Waals surface area contributed by atoms with E-state index < -0.39 is 5.91 Å². The highest BCUT2D eigenvalue weighted by molar-refractivity contribution is 5.99. The van der Waals surface area contributed by atoms with Crippen LogP contribution in [0.1, 0.15) is 41.6 Å². The monoisotopic (exact) mass is 410 g/mol. The first-order valence-electron chi connectivity index (χ1n) is 9.73. The number of amides is 1. The van der Waals surface area contributed by atoms with Crippen LogP contribution in [0.2, 0.25) is 0 Å². The van der Waals surface area contributed by atoms with Crippen molar-refractivity contribution in [3.8, 4) is 17.6 Å². The third kappa shape index (κ3) is 4.55. The molecular weight excluding hydrogens is 384 g/mol. The van der Waals surface area contributed by atoms with Crippen molar-refractivity contribution in [1.82, 2.24) is 4.98 Å². The molecule has 0 bridgehead atoms. The van der Waals surface area contributed by atoms with E-state index in [0.29, 0.717) is 23.0 Å². The lowest BCUT2D eigenvalue weighted by atomic mass is 9.91. The van der Waals surface area contributed by atoms with Gasteiger partial charge in [0, 0.05) is 23.8 Å². The minimum absolute atomic E-state index is 0.00621. The fraction of sp³-hybridized carbons (Fsp3) is 0.381. The van der Waals surface area contributed by atoms with Crippen LogP contribution in [0.4, 0.5) is 17.3 Å². The fourth-order valence-electron chi connectivity index (χ4n) is 3.56. The second-order valence-corrected chi connectivity index (χ2v) is 7.15. The minimum Gasteiger partial charge on any atom is -0.493 e. The van der Waals surface area contributed by atoms with Crippen LogP contribution < -0.4 is 31.6 Å². The molecule has 2 atom stereocenters. The van der Waals surface area contributed by atoms with Crippen LogP contribution in [0.5, 0.6) is 11.5 Å². The second kappa shape index (κ2) is 9.33. The number of pyridine rings is 1. The number of rotatable bonds is 7. The van der Waals surface area contributed by atoms with Crippen LogP contribution in [0, 0.1) is 11.3 Å². The summed E-state index contributed by atoms with van der Waals surface area (Å²) in [4.78, 5) is 16.5. The van der Waals surface area contributed by atoms with Gasteiger partial charge in [-0.15, -0.1) is 0 Å². The predicted octanol–water partition coefficient (Wildman–Crippen LogP) is 2.49. The van der Waals surface area contributed by atoms with Gasteiger partial charge in [0.15, 0.2) is 11.5 Å². The number of ether oxygens (including phenoxy) is 2. The van der Waals surface area contributed by atoms with Gasteiger partial charge in [-0.05, 0) is 31.0 Å². The molecule has 0 spiro atoms. The largest absolute Gasteiger partial charge is 0.493 e. The molecule has 1 heterocycles. The van der Waals surface area contributed by atoms with Crippen LogP contribution in [0.3, 0.4) is 0 Å². The van der Waals surface area contributed by atoms with Crippen molar-refractivity contribution in [3.63, 3.8) is 0 Å². The first-order valence-corrected chi connectivity index (χ1v) is 9.73. The molecule has 6 N–H and O–H groups in total. The fourth-order valence-corrected chi connectivity index (χ4v) is 3.56. The Morgan fingerprint density at radius 3 is 2.53 bits per heavy atom. The Kier molecular flexibility index (Phi) is 6.59. The minimum atomic E-state index is -0.692. The third-order valence-electron chi connectivity index (χ3n) is 5.20. The van der Waals surface area contributed by atoms with Gasteiger partial charge in [-0.25, -0.2) is 4.98 Å². The van der Waals surface area contributed by atoms with Crippen LogP contribution in [-0.4, -0.2) is 37.2 Å². The van der Waals surface area contributed by atoms with E-state index in [0.717, 1.165) is 25.7 Å². The van der Waals surface area contributed by atoms with Gasteiger partial charge in [-0.2, -0.15) is 5.26 Å². The van der Waals surface area contributed by atoms with Gasteiger partial charge in [0.2, 0.25) is 0 Å². The molecule has 158 valence electrons. The Labute approximate surface area is 175 Å². The van der Waals surface area contributed by atoms with E-state index in [-0.39, 0.29) is 29.0 Å². The average Bonchev–Trinajstić information content (AvgIpc) is 2.75. The zero-order valence-electron chi connectivity index (χ0n) is 17.1. The normalized spacial score (nSPS) is 18.2. The number of primary amides is 1. The Morgan fingerprint density at radius 2 is 1.90 bits per heavy atom. The summed E-state index contributed by atoms with van der Waals surface area (Å²) in [6.45, 7) is 0. The first kappa shape index (κ1) is 21.2. The highest BCUT2D eigenvalue weighted by Crippen LogP contribution is 2.32. The van der Waals surface area contributed by atoms with Crippen molar-refractivity contribution in [2.75, 3.05) is 24.9 Å². The molecule has 1 fully saturated rings. The Balaban J connectivity index is 1.98. The second-order valence-electron chi connectivity index (χ2n) is 7.15. The van der Waals surface area contributed by atoms with E-state index in [9.17, 15) is 10.1 Å². The number of carbonyl (C=O) groups is 1. The van der Waals surface area contributed by atoms with Crippen LogP contribution in [0.15, 0.2) is 24.3 Å². The third-order valence-corrected chi connectivity index (χ3v) is 5.20. The molecule has 1 aromatic carbocycles. The summed E-state index contributed by atoms with van der Waals surface area (Å²) < 4.78 is 10.6. The zero-order chi connectivity index (χ0) is 21.7. The molecule has 30 heavy (non-hydrogen) atoms. The van der Waals surface area contributed by atoms with Crippen molar-refractivity contribution in [2.45, 2.75) is 37.8 Å². The van der Waals surface area contributed by atoms with E-state index >= 15 is 0 Å². The summed E-state index contributed by atoms with van der Waals surface area (Å²) >= 11 is 0. The molecule has 3 rings (SSSR count). The van der Waals surface area contributed by atoms with Crippen molar-refractivity contribution in [3.05, 3.63) is 35.4 Å². The van der Waals surface area contributed by atoms with E-state index in [1.165, 1.54) is 13.2 Å². The topological polar surface area (TPSA) is 148 Å². The number of benzene rings is 1. The molecule has 0 aliphatic heterocycles. The molecule has 0 radical (unpaired) electrons. The summed E-state index contributed by atoms with van der Waals surface area (Å²) in [6, 6.07) is 8.71. The number of nitrogens with two attached hydrogens (primary N) is 2. The lowest BCUT2D eigenvalue weighted by molar-refractivity contribution is 0.100. The smallest absolute Gasteiger partial charge is 0.252 e. The van der Waals surface area contributed by atoms with E-state index in [1.807, 2.05) is 0 Å². The number of carbonyl (C=O) groups excluding carboxylic acids is 1. The Hall–Kier alpha value is -3.51. The molecule has 0 saturated heterocycles. The number of hydrogen-bond donors (Lipinski definition) is 4. The van der Waals surface area contributed by atoms with E-state index in [2.05, 4.69) is 21.7 Å². The summed E-state index contributed by atoms with van der Waals surface area (Å²) in [6.07, 6.45) is 3.95. The molecular formula is C21H26N6O3. The summed E-state index contributed by atoms with van der Waals surface area (Å²) in [5.74, 6) is 0.999. The SMILES string of the molecule is COc1ccc(Nc2nc(N[C@@H]3CCCC[C@@H]3N)c(C#N)cc2C(N)=O)cc1OC. The molecule has 1 saturated carbocycles. The maximum atomic E-state index is 12.0. The van der Waals surface area contributed by atoms with Crippen molar-refractivity contribution in [2.24, 2.45) is 11.5 Å². The number of anilines is 3. The van der Waals surface area contributed by atoms with Crippen LogP contribution >= 0.6 is 0 Å². The molecule has 2 aromatic rings. The standard InChI is InChI=1S/C21H26N6O3/c1-29-17-8-7-13(10-18(17)30-2)25-21-14(19(24)28)9-12(11-22)20(27-21)26-16-6-4-3-5-15(16)23/h7-10,15-16H,3-6,23H2,1-2H3,(H2,24,28)(H2,25,26,27)/t15-,16+/m0/s1. The zero-order valence-corrected chi connectivity index (χ0v) is 17.1. The highest BCUT2D eigenvalue weighted by Gasteiger charge is 2.24. The van der Waals surface area contributed by atoms with E-state index in [1.54, 1.807) is 25.3 Å². The van der Waals surface area contributed by atoms with Gasteiger partial charge in [0.05, 0.1) is 25.3 Å². The van der Waals surface area contributed by atoms with Gasteiger partial charge >= 0.3 is 0 Å². The lowest BCUT2D eigenvalue weighted by Crippen LogP contribution is -2.43. The summed E-state index contributed by atoms with van der Waals surface area (Å²) in [5.41, 5.74) is 12.7. The number of hydrogen-bond acceptors (Lipinski definition) is 8. The summed E-state index contributed by atoms with van der Waals surface area (Å²) in [5, 5.41) is 15.9. The number of nitriles is 1. The number of nitrogens with one attached hydrogen (secondary N) is 2. The highest BCUT2D eigenvalue weighted by atomic mass is 16.5. The van der Waals surface area contributed by atoms with Gasteiger partial charge in [0.25, 0.3) is 5.91 Å². The average molecular weight is 410 g/mol. The predicted molar refractivity (Wildman–Crippen MR) is 114 cm³/mol. The van der Waals surface area contributed by atoms with Crippen LogP contribution in [-0.2, 0) is 0 Å². The molecule has 9 nitrogen and oxygen atoms in total. The molecule has 1 aliphatic rings. The molecule has 1 aromatic heterocycles. The lowest BCUT2D eigenvalue weighted by Gasteiger charge is -2.30. The molecule has 1 amide bonds. The van der Waals surface area contributed by atoms with Crippen LogP contribution in [0.25, 0.3) is 0 Å². The molecule has 0 unspecified atom stereocenters. The van der Waals surface area contributed by atoms with Gasteiger partial charge < -0.3 is 31.6 Å². The first-order chi connectivity index (χ1) is 14.5. The van der Waals surface area contributed by atoms with Gasteiger partial charge in [-0.3, -0.25) is 4.79 Å². The number of nitrogens with zero attached hydrogens (tertiary/aromatic N) is 2. The Morgan fingerprint density at radius 1 is 1.17 bits per heavy atom. The molecule has 9 heteroatoms. The maximum absolute atomic E-state index is 12.0. The summed E-state index contributed by atoms with van der Waals surface area (Å²) in [7, 11) is 3.08. The maximum Gasteiger partial charge on any atom is 0.252 e. The Bertz CT molecular complexity index is 972. The van der Waals surface area contributed by atoms with Crippen molar-refractivity contribution < 1.29 is 14.3 Å². The van der Waals surface area contributed by atoms with Crippen molar-refractivity contribution in [1.29, 1.82) is 5.26 Å². The van der Waals surface area contributed by atoms with E-state index in [4.69, 9.17) is 20.9 Å². The molecule has 1 aliphatic carbocycles. The van der Waals surface area contributed by atoms with Gasteiger partial charge in [-0.1, -0.05) is 12.8 Å². The number of methoxy groups -OCH3 is 2. The quantitative estimate of drug-likeness (QED) is 0.544. The number of aromatic nitrogens is 1. The van der Waals surface area contributed by atoms with Crippen molar-refractivity contribution >= 4 is 23.2 Å².